The van der Waals surface area contributed by atoms with Crippen molar-refractivity contribution in [3.8, 4) is 0 Å². The molecule has 0 heteroatoms. The van der Waals surface area contributed by atoms with E-state index in [4.69, 9.17) is 0 Å². The molecule has 1 aromatic carbocycles. The van der Waals surface area contributed by atoms with Crippen LogP contribution in [0.25, 0.3) is 5.57 Å². The average Bonchev–Trinajstić information content (AvgIpc) is 2.23. The van der Waals surface area contributed by atoms with Gasteiger partial charge in [0, 0.05) is 0 Å². The zero-order chi connectivity index (χ0) is 10.8. The summed E-state index contributed by atoms with van der Waals surface area (Å²) in [6, 6.07) is 8.62. The van der Waals surface area contributed by atoms with E-state index >= 15 is 0 Å². The van der Waals surface area contributed by atoms with Gasteiger partial charge in [-0.05, 0) is 42.9 Å². The lowest BCUT2D eigenvalue weighted by molar-refractivity contribution is 0.690. The lowest BCUT2D eigenvalue weighted by Gasteiger charge is -2.20. The van der Waals surface area contributed by atoms with Gasteiger partial charge in [-0.3, -0.25) is 0 Å². The fraction of sp³-hybridized carbons (Fsp3) is 0.333. The number of aryl methyl sites for hydroxylation is 1. The Morgan fingerprint density at radius 3 is 2.60 bits per heavy atom. The highest BCUT2D eigenvalue weighted by molar-refractivity contribution is 5.79. The third-order valence-corrected chi connectivity index (χ3v) is 3.37. The van der Waals surface area contributed by atoms with Crippen molar-refractivity contribution in [2.75, 3.05) is 0 Å². The minimum atomic E-state index is 0.685. The first-order valence-corrected chi connectivity index (χ1v) is 5.63. The topological polar surface area (TPSA) is 0 Å². The molecule has 0 amide bonds. The molecular weight excluding hydrogens is 180 g/mol. The Morgan fingerprint density at radius 2 is 1.87 bits per heavy atom. The molecule has 15 heavy (non-hydrogen) atoms. The quantitative estimate of drug-likeness (QED) is 0.628. The van der Waals surface area contributed by atoms with E-state index in [-0.39, 0.29) is 0 Å². The standard InChI is InChI=1S/C15H18/c1-11-8-6-10-15(13(11)3)14-9-5-4-7-12(14)2/h4-7,9-11H,8H2,1-3H3/t11-/m0/s1. The molecule has 0 saturated carbocycles. The maximum atomic E-state index is 2.30. The molecule has 1 aliphatic rings. The van der Waals surface area contributed by atoms with Gasteiger partial charge in [0.25, 0.3) is 0 Å². The van der Waals surface area contributed by atoms with Gasteiger partial charge in [-0.15, -0.1) is 0 Å². The Morgan fingerprint density at radius 1 is 1.13 bits per heavy atom. The van der Waals surface area contributed by atoms with Crippen molar-refractivity contribution >= 4 is 5.57 Å². The minimum Gasteiger partial charge on any atom is -0.0833 e. The molecule has 0 aliphatic heterocycles. The van der Waals surface area contributed by atoms with Crippen LogP contribution < -0.4 is 0 Å². The largest absolute Gasteiger partial charge is 0.0833 e. The normalized spacial score (nSPS) is 20.9. The van der Waals surface area contributed by atoms with Crippen LogP contribution in [0, 0.1) is 12.8 Å². The van der Waals surface area contributed by atoms with Gasteiger partial charge in [0.1, 0.15) is 0 Å². The zero-order valence-corrected chi connectivity index (χ0v) is 9.75. The molecule has 78 valence electrons. The number of benzene rings is 1. The fourth-order valence-corrected chi connectivity index (χ4v) is 2.14. The molecule has 1 aromatic rings. The molecule has 1 atom stereocenters. The van der Waals surface area contributed by atoms with Crippen molar-refractivity contribution < 1.29 is 0 Å². The molecule has 0 aromatic heterocycles. The second-order valence-electron chi connectivity index (χ2n) is 4.45. The average molecular weight is 198 g/mol. The monoisotopic (exact) mass is 198 g/mol. The molecule has 0 radical (unpaired) electrons. The summed E-state index contributed by atoms with van der Waals surface area (Å²) in [5, 5.41) is 0. The van der Waals surface area contributed by atoms with Gasteiger partial charge in [0.05, 0.1) is 0 Å². The molecule has 0 saturated heterocycles. The third-order valence-electron chi connectivity index (χ3n) is 3.37. The Kier molecular flexibility index (Phi) is 2.77. The SMILES string of the molecule is CC1=C(c2ccccc2C)C=CC[C@@H]1C. The van der Waals surface area contributed by atoms with Crippen LogP contribution in [-0.4, -0.2) is 0 Å². The summed E-state index contributed by atoms with van der Waals surface area (Å²) >= 11 is 0. The van der Waals surface area contributed by atoms with Gasteiger partial charge >= 0.3 is 0 Å². The van der Waals surface area contributed by atoms with Crippen molar-refractivity contribution in [1.82, 2.24) is 0 Å². The van der Waals surface area contributed by atoms with Crippen molar-refractivity contribution in [1.29, 1.82) is 0 Å². The Balaban J connectivity index is 2.52. The van der Waals surface area contributed by atoms with Crippen LogP contribution in [0.2, 0.25) is 0 Å². The van der Waals surface area contributed by atoms with E-state index in [0.29, 0.717) is 5.92 Å². The van der Waals surface area contributed by atoms with Gasteiger partial charge in [0.15, 0.2) is 0 Å². The predicted molar refractivity (Wildman–Crippen MR) is 66.7 cm³/mol. The van der Waals surface area contributed by atoms with Crippen LogP contribution in [0.5, 0.6) is 0 Å². The Hall–Kier alpha value is -1.30. The van der Waals surface area contributed by atoms with Crippen LogP contribution in [0.4, 0.5) is 0 Å². The smallest absolute Gasteiger partial charge is 0.0155 e. The molecule has 0 N–H and O–H groups in total. The number of hydrogen-bond acceptors (Lipinski definition) is 0. The van der Waals surface area contributed by atoms with Crippen molar-refractivity contribution in [3.63, 3.8) is 0 Å². The van der Waals surface area contributed by atoms with Crippen molar-refractivity contribution in [3.05, 3.63) is 53.1 Å². The summed E-state index contributed by atoms with van der Waals surface area (Å²) in [6.07, 6.45) is 5.75. The van der Waals surface area contributed by atoms with Crippen LogP contribution >= 0.6 is 0 Å². The summed E-state index contributed by atoms with van der Waals surface area (Å²) < 4.78 is 0. The summed E-state index contributed by atoms with van der Waals surface area (Å²) in [7, 11) is 0. The summed E-state index contributed by atoms with van der Waals surface area (Å²) in [5.74, 6) is 0.685. The number of rotatable bonds is 1. The Labute approximate surface area is 92.3 Å². The molecular formula is C15H18. The first-order chi connectivity index (χ1) is 7.20. The highest BCUT2D eigenvalue weighted by atomic mass is 14.2. The van der Waals surface area contributed by atoms with Crippen molar-refractivity contribution in [2.24, 2.45) is 5.92 Å². The van der Waals surface area contributed by atoms with Gasteiger partial charge in [-0.1, -0.05) is 48.9 Å². The maximum absolute atomic E-state index is 2.30. The van der Waals surface area contributed by atoms with E-state index in [1.54, 1.807) is 0 Å². The second kappa shape index (κ2) is 4.06. The lowest BCUT2D eigenvalue weighted by atomic mass is 9.85. The second-order valence-corrected chi connectivity index (χ2v) is 4.45. The summed E-state index contributed by atoms with van der Waals surface area (Å²) in [5.41, 5.74) is 5.70. The fourth-order valence-electron chi connectivity index (χ4n) is 2.14. The molecule has 1 aliphatic carbocycles. The van der Waals surface area contributed by atoms with Crippen LogP contribution in [0.3, 0.4) is 0 Å². The zero-order valence-electron chi connectivity index (χ0n) is 9.75. The summed E-state index contributed by atoms with van der Waals surface area (Å²) in [6.45, 7) is 6.75. The molecule has 0 spiro atoms. The summed E-state index contributed by atoms with van der Waals surface area (Å²) in [4.78, 5) is 0. The highest BCUT2D eigenvalue weighted by Gasteiger charge is 2.13. The van der Waals surface area contributed by atoms with E-state index in [0.717, 1.165) is 0 Å². The molecule has 0 bridgehead atoms. The lowest BCUT2D eigenvalue weighted by Crippen LogP contribution is -2.03. The predicted octanol–water partition coefficient (Wildman–Crippen LogP) is 4.36. The van der Waals surface area contributed by atoms with E-state index in [1.807, 2.05) is 0 Å². The van der Waals surface area contributed by atoms with E-state index < -0.39 is 0 Å². The number of allylic oxidation sites excluding steroid dienone is 4. The first kappa shape index (κ1) is 10.2. The van der Waals surface area contributed by atoms with E-state index in [9.17, 15) is 0 Å². The van der Waals surface area contributed by atoms with Crippen molar-refractivity contribution in [2.45, 2.75) is 27.2 Å². The van der Waals surface area contributed by atoms with E-state index in [1.165, 1.54) is 28.7 Å². The minimum absolute atomic E-state index is 0.685. The van der Waals surface area contributed by atoms with Crippen LogP contribution in [0.15, 0.2) is 42.0 Å². The van der Waals surface area contributed by atoms with Gasteiger partial charge in [0.2, 0.25) is 0 Å². The van der Waals surface area contributed by atoms with Gasteiger partial charge < -0.3 is 0 Å². The molecule has 0 fully saturated rings. The Bertz CT molecular complexity index is 421. The van der Waals surface area contributed by atoms with Gasteiger partial charge in [-0.25, -0.2) is 0 Å². The van der Waals surface area contributed by atoms with Crippen LogP contribution in [-0.2, 0) is 0 Å². The third kappa shape index (κ3) is 1.90. The molecule has 0 unspecified atom stereocenters. The first-order valence-electron chi connectivity index (χ1n) is 5.63. The van der Waals surface area contributed by atoms with E-state index in [2.05, 4.69) is 57.2 Å². The number of hydrogen-bond donors (Lipinski definition) is 0. The van der Waals surface area contributed by atoms with Gasteiger partial charge in [-0.2, -0.15) is 0 Å². The molecule has 0 nitrogen and oxygen atoms in total. The van der Waals surface area contributed by atoms with Crippen LogP contribution in [0.1, 0.15) is 31.4 Å². The molecule has 2 rings (SSSR count). The maximum Gasteiger partial charge on any atom is -0.0155 e. The highest BCUT2D eigenvalue weighted by Crippen LogP contribution is 2.32. The molecule has 0 heterocycles.